The number of benzene rings is 2. The molecule has 1 aliphatic rings. The normalized spacial score (nSPS) is 18.6. The maximum absolute atomic E-state index is 9.58. The minimum Gasteiger partial charge on any atom is -0.494 e. The number of aryl methyl sites for hydroxylation is 1. The van der Waals surface area contributed by atoms with Crippen LogP contribution >= 0.6 is 0 Å². The highest BCUT2D eigenvalue weighted by atomic mass is 16.5. The van der Waals surface area contributed by atoms with Gasteiger partial charge in [0.1, 0.15) is 5.75 Å². The molecule has 3 rings (SSSR count). The number of hydrogen-bond acceptors (Lipinski definition) is 4. The van der Waals surface area contributed by atoms with Crippen molar-refractivity contribution in [1.29, 1.82) is 0 Å². The van der Waals surface area contributed by atoms with Crippen LogP contribution in [-0.2, 0) is 13.1 Å². The van der Waals surface area contributed by atoms with E-state index in [1.54, 1.807) is 0 Å². The predicted molar refractivity (Wildman–Crippen MR) is 110 cm³/mol. The number of aliphatic hydroxyl groups is 1. The third-order valence-electron chi connectivity index (χ3n) is 5.32. The number of ether oxygens (including phenoxy) is 1. The Morgan fingerprint density at radius 2 is 1.81 bits per heavy atom. The van der Waals surface area contributed by atoms with Crippen molar-refractivity contribution in [3.63, 3.8) is 0 Å². The van der Waals surface area contributed by atoms with E-state index in [1.807, 2.05) is 19.1 Å². The summed E-state index contributed by atoms with van der Waals surface area (Å²) in [6.07, 6.45) is 0.807. The zero-order valence-electron chi connectivity index (χ0n) is 16.6. The number of hydrogen-bond donors (Lipinski definition) is 1. The van der Waals surface area contributed by atoms with Crippen molar-refractivity contribution in [1.82, 2.24) is 9.80 Å². The Morgan fingerprint density at radius 1 is 1.04 bits per heavy atom. The fourth-order valence-electron chi connectivity index (χ4n) is 3.83. The molecule has 0 aromatic heterocycles. The van der Waals surface area contributed by atoms with E-state index in [4.69, 9.17) is 4.74 Å². The second-order valence-corrected chi connectivity index (χ2v) is 7.40. The number of piperazine rings is 1. The van der Waals surface area contributed by atoms with Gasteiger partial charge in [-0.15, -0.1) is 0 Å². The minimum atomic E-state index is 0.229. The van der Waals surface area contributed by atoms with Crippen molar-refractivity contribution in [3.8, 4) is 5.75 Å². The molecule has 4 nitrogen and oxygen atoms in total. The van der Waals surface area contributed by atoms with Crippen LogP contribution < -0.4 is 4.74 Å². The molecule has 1 saturated heterocycles. The van der Waals surface area contributed by atoms with Gasteiger partial charge in [0.25, 0.3) is 0 Å². The van der Waals surface area contributed by atoms with Crippen molar-refractivity contribution in [2.75, 3.05) is 32.8 Å². The van der Waals surface area contributed by atoms with Crippen LogP contribution in [0.2, 0.25) is 0 Å². The van der Waals surface area contributed by atoms with Crippen LogP contribution in [-0.4, -0.2) is 53.8 Å². The molecular formula is C23H32N2O2. The van der Waals surface area contributed by atoms with Crippen molar-refractivity contribution in [3.05, 3.63) is 65.2 Å². The molecule has 0 spiro atoms. The Balaban J connectivity index is 1.65. The van der Waals surface area contributed by atoms with Crippen molar-refractivity contribution in [2.24, 2.45) is 0 Å². The molecule has 1 atom stereocenters. The lowest BCUT2D eigenvalue weighted by Crippen LogP contribution is -2.52. The largest absolute Gasteiger partial charge is 0.494 e. The predicted octanol–water partition coefficient (Wildman–Crippen LogP) is 3.46. The summed E-state index contributed by atoms with van der Waals surface area (Å²) in [7, 11) is 0. The Kier molecular flexibility index (Phi) is 7.27. The molecule has 2 aromatic carbocycles. The third-order valence-corrected chi connectivity index (χ3v) is 5.32. The number of nitrogens with zero attached hydrogens (tertiary/aromatic N) is 2. The van der Waals surface area contributed by atoms with E-state index in [2.05, 4.69) is 53.1 Å². The Morgan fingerprint density at radius 3 is 2.56 bits per heavy atom. The van der Waals surface area contributed by atoms with Crippen LogP contribution in [0.15, 0.2) is 48.5 Å². The molecule has 1 fully saturated rings. The zero-order chi connectivity index (χ0) is 19.1. The molecule has 146 valence electrons. The average molecular weight is 369 g/mol. The second kappa shape index (κ2) is 9.88. The summed E-state index contributed by atoms with van der Waals surface area (Å²) in [5, 5.41) is 9.58. The first-order valence-electron chi connectivity index (χ1n) is 10.0. The third kappa shape index (κ3) is 5.55. The van der Waals surface area contributed by atoms with E-state index in [0.29, 0.717) is 12.6 Å². The molecule has 0 unspecified atom stereocenters. The van der Waals surface area contributed by atoms with Crippen molar-refractivity contribution < 1.29 is 9.84 Å². The highest BCUT2D eigenvalue weighted by Gasteiger charge is 2.27. The maximum Gasteiger partial charge on any atom is 0.123 e. The van der Waals surface area contributed by atoms with Gasteiger partial charge in [-0.3, -0.25) is 9.80 Å². The van der Waals surface area contributed by atoms with Gasteiger partial charge in [-0.1, -0.05) is 48.0 Å². The van der Waals surface area contributed by atoms with E-state index < -0.39 is 0 Å². The van der Waals surface area contributed by atoms with Gasteiger partial charge in [0.2, 0.25) is 0 Å². The molecule has 0 amide bonds. The molecule has 1 heterocycles. The summed E-state index contributed by atoms with van der Waals surface area (Å²) >= 11 is 0. The lowest BCUT2D eigenvalue weighted by Gasteiger charge is -2.41. The SMILES string of the molecule is CCOc1ccccc1CN1CCN(Cc2ccc(C)cc2)C[C@H]1CCO. The van der Waals surface area contributed by atoms with E-state index in [0.717, 1.165) is 44.9 Å². The van der Waals surface area contributed by atoms with Gasteiger partial charge in [-0.05, 0) is 31.9 Å². The van der Waals surface area contributed by atoms with Crippen LogP contribution in [0.5, 0.6) is 5.75 Å². The summed E-state index contributed by atoms with van der Waals surface area (Å²) in [5.41, 5.74) is 3.89. The van der Waals surface area contributed by atoms with E-state index in [1.165, 1.54) is 16.7 Å². The number of rotatable bonds is 8. The van der Waals surface area contributed by atoms with Crippen LogP contribution in [0.3, 0.4) is 0 Å². The first-order chi connectivity index (χ1) is 13.2. The molecule has 0 saturated carbocycles. The Labute approximate surface area is 163 Å². The minimum absolute atomic E-state index is 0.229. The van der Waals surface area contributed by atoms with Gasteiger partial charge < -0.3 is 9.84 Å². The summed E-state index contributed by atoms with van der Waals surface area (Å²) in [6.45, 7) is 9.96. The van der Waals surface area contributed by atoms with E-state index >= 15 is 0 Å². The standard InChI is InChI=1S/C23H32N2O2/c1-3-27-23-7-5-4-6-21(23)17-25-14-13-24(18-22(25)12-15-26)16-20-10-8-19(2)9-11-20/h4-11,22,26H,3,12-18H2,1-2H3/t22-/m1/s1. The summed E-state index contributed by atoms with van der Waals surface area (Å²) in [6, 6.07) is 17.5. The van der Waals surface area contributed by atoms with E-state index in [9.17, 15) is 5.11 Å². The topological polar surface area (TPSA) is 35.9 Å². The molecule has 1 N–H and O–H groups in total. The molecule has 0 aliphatic carbocycles. The quantitative estimate of drug-likeness (QED) is 0.774. The summed E-state index contributed by atoms with van der Waals surface area (Å²) in [4.78, 5) is 5.01. The molecule has 1 aliphatic heterocycles. The van der Waals surface area contributed by atoms with Crippen LogP contribution in [0.1, 0.15) is 30.0 Å². The first-order valence-corrected chi connectivity index (χ1v) is 10.0. The Bertz CT molecular complexity index is 702. The van der Waals surface area contributed by atoms with Crippen molar-refractivity contribution in [2.45, 2.75) is 39.4 Å². The second-order valence-electron chi connectivity index (χ2n) is 7.40. The fourth-order valence-corrected chi connectivity index (χ4v) is 3.83. The fraction of sp³-hybridized carbons (Fsp3) is 0.478. The maximum atomic E-state index is 9.58. The lowest BCUT2D eigenvalue weighted by atomic mass is 10.1. The first kappa shape index (κ1) is 19.9. The number of para-hydroxylation sites is 1. The zero-order valence-corrected chi connectivity index (χ0v) is 16.6. The van der Waals surface area contributed by atoms with Crippen molar-refractivity contribution >= 4 is 0 Å². The van der Waals surface area contributed by atoms with Gasteiger partial charge in [-0.25, -0.2) is 0 Å². The summed E-state index contributed by atoms with van der Waals surface area (Å²) < 4.78 is 5.80. The average Bonchev–Trinajstić information content (AvgIpc) is 2.67. The van der Waals surface area contributed by atoms with Gasteiger partial charge in [0, 0.05) is 50.9 Å². The van der Waals surface area contributed by atoms with Crippen LogP contribution in [0.4, 0.5) is 0 Å². The van der Waals surface area contributed by atoms with Gasteiger partial charge >= 0.3 is 0 Å². The monoisotopic (exact) mass is 368 g/mol. The molecule has 4 heteroatoms. The van der Waals surface area contributed by atoms with Crippen LogP contribution in [0, 0.1) is 6.92 Å². The molecule has 0 bridgehead atoms. The summed E-state index contributed by atoms with van der Waals surface area (Å²) in [5.74, 6) is 0.977. The smallest absolute Gasteiger partial charge is 0.123 e. The highest BCUT2D eigenvalue weighted by Crippen LogP contribution is 2.24. The molecule has 0 radical (unpaired) electrons. The van der Waals surface area contributed by atoms with E-state index in [-0.39, 0.29) is 6.61 Å². The molecular weight excluding hydrogens is 336 g/mol. The number of aliphatic hydroxyl groups excluding tert-OH is 1. The van der Waals surface area contributed by atoms with Gasteiger partial charge in [-0.2, -0.15) is 0 Å². The molecule has 2 aromatic rings. The Hall–Kier alpha value is -1.88. The highest BCUT2D eigenvalue weighted by molar-refractivity contribution is 5.33. The van der Waals surface area contributed by atoms with Gasteiger partial charge in [0.05, 0.1) is 6.61 Å². The van der Waals surface area contributed by atoms with Crippen LogP contribution in [0.25, 0.3) is 0 Å². The molecule has 27 heavy (non-hydrogen) atoms. The van der Waals surface area contributed by atoms with Gasteiger partial charge in [0.15, 0.2) is 0 Å². The lowest BCUT2D eigenvalue weighted by molar-refractivity contribution is 0.0494.